The molecule has 0 aliphatic carbocycles. The number of rotatable bonds is 9. The molecule has 1 heterocycles. The van der Waals surface area contributed by atoms with Gasteiger partial charge in [0.25, 0.3) is 0 Å². The summed E-state index contributed by atoms with van der Waals surface area (Å²) in [6.07, 6.45) is 2.33. The lowest BCUT2D eigenvalue weighted by Gasteiger charge is -2.34. The van der Waals surface area contributed by atoms with Gasteiger partial charge >= 0.3 is 0 Å². The molecule has 152 valence electrons. The van der Waals surface area contributed by atoms with Crippen molar-refractivity contribution >= 4 is 17.7 Å². The maximum absolute atomic E-state index is 12.4. The summed E-state index contributed by atoms with van der Waals surface area (Å²) >= 11 is 1.53. The number of carbonyl (C=O) groups is 1. The van der Waals surface area contributed by atoms with E-state index in [1.807, 2.05) is 25.1 Å². The van der Waals surface area contributed by atoms with Crippen molar-refractivity contribution in [2.75, 3.05) is 40.4 Å². The van der Waals surface area contributed by atoms with E-state index in [2.05, 4.69) is 24.1 Å². The minimum atomic E-state index is -0.155. The van der Waals surface area contributed by atoms with Crippen LogP contribution in [0, 0.1) is 11.8 Å². The molecule has 6 heteroatoms. The Labute approximate surface area is 168 Å². The number of thioether (sulfide) groups is 1. The van der Waals surface area contributed by atoms with Gasteiger partial charge in [-0.2, -0.15) is 0 Å². The lowest BCUT2D eigenvalue weighted by Crippen LogP contribution is -2.40. The van der Waals surface area contributed by atoms with Gasteiger partial charge in [0.15, 0.2) is 11.5 Å². The van der Waals surface area contributed by atoms with E-state index in [0.717, 1.165) is 36.2 Å². The van der Waals surface area contributed by atoms with Crippen LogP contribution in [0.4, 0.5) is 0 Å². The van der Waals surface area contributed by atoms with Crippen LogP contribution >= 0.6 is 11.8 Å². The summed E-state index contributed by atoms with van der Waals surface area (Å²) in [7, 11) is 3.23. The molecule has 1 saturated heterocycles. The number of piperidine rings is 1. The van der Waals surface area contributed by atoms with Crippen LogP contribution in [0.25, 0.3) is 0 Å². The maximum Gasteiger partial charge on any atom is 0.233 e. The third-order valence-electron chi connectivity index (χ3n) is 4.93. The average molecular weight is 395 g/mol. The smallest absolute Gasteiger partial charge is 0.233 e. The zero-order valence-electron chi connectivity index (χ0n) is 17.3. The molecule has 0 aromatic heterocycles. The summed E-state index contributed by atoms with van der Waals surface area (Å²) in [6.45, 7) is 10.8. The SMILES string of the molecule is COc1ccc(S[C@@H](C)C(=O)NCCCN2C[C@H](C)C[C@@H](C)C2)cc1OC. The summed E-state index contributed by atoms with van der Waals surface area (Å²) in [4.78, 5) is 15.9. The molecular weight excluding hydrogens is 360 g/mol. The number of carbonyl (C=O) groups excluding carboxylic acids is 1. The molecule has 1 amide bonds. The molecule has 0 spiro atoms. The minimum Gasteiger partial charge on any atom is -0.493 e. The predicted molar refractivity (Wildman–Crippen MR) is 112 cm³/mol. The molecule has 1 aromatic carbocycles. The highest BCUT2D eigenvalue weighted by Gasteiger charge is 2.21. The van der Waals surface area contributed by atoms with Crippen LogP contribution in [-0.2, 0) is 4.79 Å². The molecule has 3 atom stereocenters. The fourth-order valence-electron chi connectivity index (χ4n) is 3.78. The van der Waals surface area contributed by atoms with Crippen molar-refractivity contribution in [3.63, 3.8) is 0 Å². The number of methoxy groups -OCH3 is 2. The first-order valence-electron chi connectivity index (χ1n) is 9.81. The Bertz CT molecular complexity index is 601. The minimum absolute atomic E-state index is 0.0789. The van der Waals surface area contributed by atoms with E-state index in [0.29, 0.717) is 11.5 Å². The van der Waals surface area contributed by atoms with E-state index >= 15 is 0 Å². The van der Waals surface area contributed by atoms with E-state index in [1.54, 1.807) is 14.2 Å². The number of nitrogens with one attached hydrogen (secondary N) is 1. The van der Waals surface area contributed by atoms with E-state index in [1.165, 1.54) is 31.3 Å². The number of nitrogens with zero attached hydrogens (tertiary/aromatic N) is 1. The van der Waals surface area contributed by atoms with Crippen LogP contribution in [0.1, 0.15) is 33.6 Å². The monoisotopic (exact) mass is 394 g/mol. The Hall–Kier alpha value is -1.40. The summed E-state index contributed by atoms with van der Waals surface area (Å²) in [6, 6.07) is 5.73. The zero-order valence-corrected chi connectivity index (χ0v) is 18.1. The highest BCUT2D eigenvalue weighted by atomic mass is 32.2. The molecule has 1 aliphatic rings. The highest BCUT2D eigenvalue weighted by molar-refractivity contribution is 8.00. The Morgan fingerprint density at radius 3 is 2.52 bits per heavy atom. The third-order valence-corrected chi connectivity index (χ3v) is 6.03. The summed E-state index contributed by atoms with van der Waals surface area (Å²) in [5.41, 5.74) is 0. The molecule has 2 rings (SSSR count). The molecule has 1 N–H and O–H groups in total. The van der Waals surface area contributed by atoms with Crippen LogP contribution in [0.2, 0.25) is 0 Å². The molecule has 1 fully saturated rings. The second kappa shape index (κ2) is 10.8. The number of ether oxygens (including phenoxy) is 2. The number of benzene rings is 1. The summed E-state index contributed by atoms with van der Waals surface area (Å²) in [5, 5.41) is 2.92. The molecule has 0 unspecified atom stereocenters. The lowest BCUT2D eigenvalue weighted by molar-refractivity contribution is -0.120. The van der Waals surface area contributed by atoms with Gasteiger partial charge in [-0.25, -0.2) is 0 Å². The zero-order chi connectivity index (χ0) is 19.8. The standard InChI is InChI=1S/C21H34N2O3S/c1-15-11-16(2)14-23(13-15)10-6-9-22-21(24)17(3)27-18-7-8-19(25-4)20(12-18)26-5/h7-8,12,15-17H,6,9-11,13-14H2,1-5H3,(H,22,24)/t15-,16-,17+/m1/s1. The van der Waals surface area contributed by atoms with Crippen molar-refractivity contribution in [2.24, 2.45) is 11.8 Å². The van der Waals surface area contributed by atoms with Crippen molar-refractivity contribution in [3.05, 3.63) is 18.2 Å². The molecule has 5 nitrogen and oxygen atoms in total. The van der Waals surface area contributed by atoms with Crippen LogP contribution in [0.3, 0.4) is 0 Å². The first kappa shape index (κ1) is 21.9. The van der Waals surface area contributed by atoms with Crippen molar-refractivity contribution in [1.29, 1.82) is 0 Å². The predicted octanol–water partition coefficient (Wildman–Crippen LogP) is 3.67. The largest absolute Gasteiger partial charge is 0.493 e. The van der Waals surface area contributed by atoms with Gasteiger partial charge < -0.3 is 19.7 Å². The van der Waals surface area contributed by atoms with Gasteiger partial charge in [0.05, 0.1) is 19.5 Å². The Kier molecular flexibility index (Phi) is 8.77. The molecular formula is C21H34N2O3S. The number of amides is 1. The molecule has 0 saturated carbocycles. The Balaban J connectivity index is 1.72. The lowest BCUT2D eigenvalue weighted by atomic mass is 9.92. The van der Waals surface area contributed by atoms with Crippen LogP contribution in [0.5, 0.6) is 11.5 Å². The Morgan fingerprint density at radius 1 is 1.22 bits per heavy atom. The normalized spacial score (nSPS) is 21.5. The number of hydrogen-bond donors (Lipinski definition) is 1. The van der Waals surface area contributed by atoms with Gasteiger partial charge in [0.2, 0.25) is 5.91 Å². The van der Waals surface area contributed by atoms with Gasteiger partial charge in [-0.15, -0.1) is 11.8 Å². The molecule has 0 radical (unpaired) electrons. The molecule has 0 bridgehead atoms. The van der Waals surface area contributed by atoms with Gasteiger partial charge in [-0.3, -0.25) is 4.79 Å². The topological polar surface area (TPSA) is 50.8 Å². The van der Waals surface area contributed by atoms with E-state index in [-0.39, 0.29) is 11.2 Å². The van der Waals surface area contributed by atoms with Crippen molar-refractivity contribution in [1.82, 2.24) is 10.2 Å². The Morgan fingerprint density at radius 2 is 1.89 bits per heavy atom. The van der Waals surface area contributed by atoms with E-state index < -0.39 is 0 Å². The van der Waals surface area contributed by atoms with E-state index in [4.69, 9.17) is 9.47 Å². The number of likely N-dealkylation sites (tertiary alicyclic amines) is 1. The molecule has 27 heavy (non-hydrogen) atoms. The average Bonchev–Trinajstić information content (AvgIpc) is 2.64. The van der Waals surface area contributed by atoms with Crippen molar-refractivity contribution < 1.29 is 14.3 Å². The fraction of sp³-hybridized carbons (Fsp3) is 0.667. The number of hydrogen-bond acceptors (Lipinski definition) is 5. The summed E-state index contributed by atoms with van der Waals surface area (Å²) < 4.78 is 10.6. The summed E-state index contributed by atoms with van der Waals surface area (Å²) in [5.74, 6) is 3.01. The van der Waals surface area contributed by atoms with Gasteiger partial charge in [-0.1, -0.05) is 13.8 Å². The van der Waals surface area contributed by atoms with Gasteiger partial charge in [0, 0.05) is 24.5 Å². The third kappa shape index (κ3) is 6.92. The van der Waals surface area contributed by atoms with Crippen molar-refractivity contribution in [2.45, 2.75) is 43.8 Å². The van der Waals surface area contributed by atoms with Crippen LogP contribution in [0.15, 0.2) is 23.1 Å². The van der Waals surface area contributed by atoms with Crippen molar-refractivity contribution in [3.8, 4) is 11.5 Å². The van der Waals surface area contributed by atoms with E-state index in [9.17, 15) is 4.79 Å². The van der Waals surface area contributed by atoms with Gasteiger partial charge in [-0.05, 0) is 56.3 Å². The highest BCUT2D eigenvalue weighted by Crippen LogP contribution is 2.33. The van der Waals surface area contributed by atoms with Crippen LogP contribution < -0.4 is 14.8 Å². The van der Waals surface area contributed by atoms with Crippen LogP contribution in [-0.4, -0.2) is 56.5 Å². The van der Waals surface area contributed by atoms with Gasteiger partial charge in [0.1, 0.15) is 0 Å². The maximum atomic E-state index is 12.4. The second-order valence-corrected chi connectivity index (χ2v) is 9.04. The fourth-order valence-corrected chi connectivity index (χ4v) is 4.70. The quantitative estimate of drug-likeness (QED) is 0.512. The first-order valence-corrected chi connectivity index (χ1v) is 10.7. The first-order chi connectivity index (χ1) is 12.9. The molecule has 1 aliphatic heterocycles. The second-order valence-electron chi connectivity index (χ2n) is 7.63. The molecule has 1 aromatic rings.